The number of hydrogen-bond acceptors (Lipinski definition) is 5. The molecule has 29 heavy (non-hydrogen) atoms. The van der Waals surface area contributed by atoms with Gasteiger partial charge < -0.3 is 9.47 Å². The molecule has 1 aliphatic rings. The van der Waals surface area contributed by atoms with Crippen molar-refractivity contribution in [2.75, 3.05) is 37.6 Å². The van der Waals surface area contributed by atoms with Crippen molar-refractivity contribution in [2.45, 2.75) is 19.4 Å². The standard InChI is InChI=1S/C22H25N5S.ClH/c1-4-10-21-18(7-1)22(24-28-21)26-15-13-25(14-16-26)11-5-6-12-27-17-23-19-8-2-3-9-20(19)27;/h1-4,7-10,17H,5-6,11-16H2;1H. The highest BCUT2D eigenvalue weighted by atomic mass is 35.5. The summed E-state index contributed by atoms with van der Waals surface area (Å²) in [7, 11) is 0. The predicted octanol–water partition coefficient (Wildman–Crippen LogP) is 4.67. The van der Waals surface area contributed by atoms with E-state index in [4.69, 9.17) is 4.37 Å². The number of nitrogens with zero attached hydrogens (tertiary/aromatic N) is 5. The van der Waals surface area contributed by atoms with E-state index in [0.29, 0.717) is 0 Å². The van der Waals surface area contributed by atoms with E-state index in [1.165, 1.54) is 40.8 Å². The van der Waals surface area contributed by atoms with E-state index >= 15 is 0 Å². The summed E-state index contributed by atoms with van der Waals surface area (Å²) in [6.07, 6.45) is 4.39. The van der Waals surface area contributed by atoms with Gasteiger partial charge in [-0.25, -0.2) is 4.98 Å². The molecule has 2 aromatic carbocycles. The zero-order valence-corrected chi connectivity index (χ0v) is 18.0. The minimum absolute atomic E-state index is 0. The number of aryl methyl sites for hydroxylation is 1. The van der Waals surface area contributed by atoms with Gasteiger partial charge in [-0.2, -0.15) is 4.37 Å². The molecule has 0 spiro atoms. The van der Waals surface area contributed by atoms with Crippen molar-refractivity contribution in [1.29, 1.82) is 0 Å². The molecule has 1 aliphatic heterocycles. The molecular weight excluding hydrogens is 402 g/mol. The first kappa shape index (κ1) is 20.1. The number of piperazine rings is 1. The summed E-state index contributed by atoms with van der Waals surface area (Å²) < 4.78 is 8.28. The molecular formula is C22H26ClN5S. The smallest absolute Gasteiger partial charge is 0.150 e. The van der Waals surface area contributed by atoms with E-state index in [2.05, 4.69) is 61.8 Å². The fourth-order valence-electron chi connectivity index (χ4n) is 4.09. The van der Waals surface area contributed by atoms with Crippen molar-refractivity contribution in [3.8, 4) is 0 Å². The molecule has 0 saturated carbocycles. The summed E-state index contributed by atoms with van der Waals surface area (Å²) in [5.41, 5.74) is 2.33. The van der Waals surface area contributed by atoms with E-state index < -0.39 is 0 Å². The van der Waals surface area contributed by atoms with Crippen LogP contribution in [0.1, 0.15) is 12.8 Å². The summed E-state index contributed by atoms with van der Waals surface area (Å²) >= 11 is 1.61. The van der Waals surface area contributed by atoms with Crippen molar-refractivity contribution in [2.24, 2.45) is 0 Å². The molecule has 0 unspecified atom stereocenters. The molecule has 2 aromatic heterocycles. The van der Waals surface area contributed by atoms with Gasteiger partial charge in [-0.05, 0) is 55.2 Å². The van der Waals surface area contributed by atoms with E-state index in [0.717, 1.165) is 38.2 Å². The quantitative estimate of drug-likeness (QED) is 0.419. The highest BCUT2D eigenvalue weighted by Gasteiger charge is 2.20. The van der Waals surface area contributed by atoms with E-state index in [-0.39, 0.29) is 12.4 Å². The number of anilines is 1. The average Bonchev–Trinajstić information content (AvgIpc) is 3.36. The molecule has 5 rings (SSSR count). The molecule has 4 aromatic rings. The van der Waals surface area contributed by atoms with Gasteiger partial charge in [0.15, 0.2) is 0 Å². The van der Waals surface area contributed by atoms with Crippen LogP contribution in [0.25, 0.3) is 21.1 Å². The minimum atomic E-state index is 0. The molecule has 1 fully saturated rings. The first-order chi connectivity index (χ1) is 13.9. The Kier molecular flexibility index (Phi) is 6.33. The van der Waals surface area contributed by atoms with Gasteiger partial charge in [0.25, 0.3) is 0 Å². The SMILES string of the molecule is Cl.c1ccc2c(c1)ncn2CCCCN1CCN(c2nsc3ccccc23)CC1. The Morgan fingerprint density at radius 1 is 0.862 bits per heavy atom. The first-order valence-electron chi connectivity index (χ1n) is 10.1. The lowest BCUT2D eigenvalue weighted by Gasteiger charge is -2.35. The number of halogens is 1. The Bertz CT molecular complexity index is 1070. The molecule has 7 heteroatoms. The number of para-hydroxylation sites is 2. The molecule has 3 heterocycles. The zero-order valence-electron chi connectivity index (χ0n) is 16.4. The van der Waals surface area contributed by atoms with Gasteiger partial charge in [0.2, 0.25) is 0 Å². The van der Waals surface area contributed by atoms with Crippen LogP contribution in [0.2, 0.25) is 0 Å². The number of rotatable bonds is 6. The van der Waals surface area contributed by atoms with Gasteiger partial charge in [0.05, 0.1) is 22.1 Å². The average molecular weight is 428 g/mol. The summed E-state index contributed by atoms with van der Waals surface area (Å²) in [6.45, 7) is 6.61. The summed E-state index contributed by atoms with van der Waals surface area (Å²) in [5, 5.41) is 1.30. The minimum Gasteiger partial charge on any atom is -0.353 e. The maximum Gasteiger partial charge on any atom is 0.150 e. The monoisotopic (exact) mass is 427 g/mol. The molecule has 152 valence electrons. The Morgan fingerprint density at radius 2 is 1.62 bits per heavy atom. The molecule has 0 bridgehead atoms. The number of benzene rings is 2. The van der Waals surface area contributed by atoms with Gasteiger partial charge >= 0.3 is 0 Å². The molecule has 1 saturated heterocycles. The van der Waals surface area contributed by atoms with Crippen LogP contribution in [0.3, 0.4) is 0 Å². The van der Waals surface area contributed by atoms with Crippen LogP contribution >= 0.6 is 23.9 Å². The fourth-order valence-corrected chi connectivity index (χ4v) is 4.89. The van der Waals surface area contributed by atoms with Crippen LogP contribution in [0.15, 0.2) is 54.9 Å². The van der Waals surface area contributed by atoms with Crippen LogP contribution in [0.4, 0.5) is 5.82 Å². The number of fused-ring (bicyclic) bond motifs is 2. The second-order valence-corrected chi connectivity index (χ2v) is 8.27. The lowest BCUT2D eigenvalue weighted by atomic mass is 10.2. The molecule has 0 aliphatic carbocycles. The second kappa shape index (κ2) is 9.11. The molecule has 0 radical (unpaired) electrons. The Labute approximate surface area is 181 Å². The van der Waals surface area contributed by atoms with Gasteiger partial charge in [0, 0.05) is 38.1 Å². The van der Waals surface area contributed by atoms with Crippen molar-refractivity contribution < 1.29 is 0 Å². The zero-order chi connectivity index (χ0) is 18.8. The predicted molar refractivity (Wildman–Crippen MR) is 124 cm³/mol. The van der Waals surface area contributed by atoms with Gasteiger partial charge in [0.1, 0.15) is 5.82 Å². The molecule has 5 nitrogen and oxygen atoms in total. The second-order valence-electron chi connectivity index (χ2n) is 7.46. The van der Waals surface area contributed by atoms with E-state index in [1.807, 2.05) is 12.4 Å². The lowest BCUT2D eigenvalue weighted by Crippen LogP contribution is -2.46. The Morgan fingerprint density at radius 3 is 2.52 bits per heavy atom. The third-order valence-corrected chi connectivity index (χ3v) is 6.50. The van der Waals surface area contributed by atoms with Crippen LogP contribution in [0.5, 0.6) is 0 Å². The Hall–Kier alpha value is -2.15. The number of unbranched alkanes of at least 4 members (excludes halogenated alkanes) is 1. The molecule has 0 amide bonds. The van der Waals surface area contributed by atoms with Gasteiger partial charge in [-0.15, -0.1) is 12.4 Å². The largest absolute Gasteiger partial charge is 0.353 e. The summed E-state index contributed by atoms with van der Waals surface area (Å²) in [6, 6.07) is 16.9. The first-order valence-corrected chi connectivity index (χ1v) is 10.9. The molecule has 0 N–H and O–H groups in total. The van der Waals surface area contributed by atoms with Crippen molar-refractivity contribution in [1.82, 2.24) is 18.8 Å². The van der Waals surface area contributed by atoms with E-state index in [9.17, 15) is 0 Å². The Balaban J connectivity index is 0.00000205. The van der Waals surface area contributed by atoms with E-state index in [1.54, 1.807) is 11.5 Å². The molecule has 0 atom stereocenters. The van der Waals surface area contributed by atoms with Crippen molar-refractivity contribution in [3.05, 3.63) is 54.9 Å². The number of aromatic nitrogens is 3. The summed E-state index contributed by atoms with van der Waals surface area (Å²) in [5.74, 6) is 1.17. The van der Waals surface area contributed by atoms with Gasteiger partial charge in [-0.1, -0.05) is 24.3 Å². The maximum atomic E-state index is 4.71. The maximum absolute atomic E-state index is 4.71. The highest BCUT2D eigenvalue weighted by molar-refractivity contribution is 7.13. The lowest BCUT2D eigenvalue weighted by molar-refractivity contribution is 0.251. The van der Waals surface area contributed by atoms with Crippen molar-refractivity contribution >= 4 is 50.9 Å². The third kappa shape index (κ3) is 4.25. The normalized spacial score (nSPS) is 15.1. The van der Waals surface area contributed by atoms with Crippen LogP contribution in [0, 0.1) is 0 Å². The van der Waals surface area contributed by atoms with Crippen LogP contribution in [-0.4, -0.2) is 51.5 Å². The van der Waals surface area contributed by atoms with Crippen LogP contribution < -0.4 is 4.90 Å². The fraction of sp³-hybridized carbons (Fsp3) is 0.364. The van der Waals surface area contributed by atoms with Crippen LogP contribution in [-0.2, 0) is 6.54 Å². The summed E-state index contributed by atoms with van der Waals surface area (Å²) in [4.78, 5) is 9.53. The third-order valence-electron chi connectivity index (χ3n) is 5.68. The topological polar surface area (TPSA) is 37.2 Å². The number of imidazole rings is 1. The number of hydrogen-bond donors (Lipinski definition) is 0. The highest BCUT2D eigenvalue weighted by Crippen LogP contribution is 2.29. The van der Waals surface area contributed by atoms with Gasteiger partial charge in [-0.3, -0.25) is 4.90 Å². The van der Waals surface area contributed by atoms with Crippen molar-refractivity contribution in [3.63, 3.8) is 0 Å².